The fourth-order valence-corrected chi connectivity index (χ4v) is 3.20. The van der Waals surface area contributed by atoms with Crippen LogP contribution < -0.4 is 10.2 Å². The molecule has 3 nitrogen and oxygen atoms in total. The van der Waals surface area contributed by atoms with Gasteiger partial charge >= 0.3 is 0 Å². The monoisotopic (exact) mass is 310 g/mol. The fourth-order valence-electron chi connectivity index (χ4n) is 3.04. The maximum atomic E-state index is 9.73. The van der Waals surface area contributed by atoms with E-state index in [1.54, 1.807) is 0 Å². The van der Waals surface area contributed by atoms with E-state index in [1.807, 2.05) is 6.07 Å². The quantitative estimate of drug-likeness (QED) is 0.788. The molecule has 1 fully saturated rings. The minimum atomic E-state index is 0.217. The van der Waals surface area contributed by atoms with Gasteiger partial charge in [0.05, 0.1) is 12.6 Å². The molecule has 1 aromatic carbocycles. The lowest BCUT2D eigenvalue weighted by Gasteiger charge is -2.33. The highest BCUT2D eigenvalue weighted by molar-refractivity contribution is 6.30. The van der Waals surface area contributed by atoms with Crippen molar-refractivity contribution in [2.24, 2.45) is 0 Å². The molecule has 4 heteroatoms. The molecule has 1 atom stereocenters. The minimum absolute atomic E-state index is 0.217. The van der Waals surface area contributed by atoms with Gasteiger partial charge in [-0.15, -0.1) is 0 Å². The molecule has 21 heavy (non-hydrogen) atoms. The van der Waals surface area contributed by atoms with E-state index in [9.17, 15) is 5.11 Å². The summed E-state index contributed by atoms with van der Waals surface area (Å²) in [6, 6.07) is 6.34. The predicted molar refractivity (Wildman–Crippen MR) is 90.1 cm³/mol. The number of aliphatic hydroxyl groups excluding tert-OH is 1. The molecule has 0 spiro atoms. The lowest BCUT2D eigenvalue weighted by atomic mass is 10.1. The van der Waals surface area contributed by atoms with Crippen molar-refractivity contribution in [1.82, 2.24) is 5.32 Å². The van der Waals surface area contributed by atoms with Crippen molar-refractivity contribution < 1.29 is 5.11 Å². The molecule has 2 rings (SSSR count). The van der Waals surface area contributed by atoms with Crippen LogP contribution in [-0.2, 0) is 6.54 Å². The van der Waals surface area contributed by atoms with Crippen molar-refractivity contribution in [3.63, 3.8) is 0 Å². The largest absolute Gasteiger partial charge is 0.394 e. The minimum Gasteiger partial charge on any atom is -0.394 e. The lowest BCUT2D eigenvalue weighted by Crippen LogP contribution is -2.38. The van der Waals surface area contributed by atoms with Crippen LogP contribution in [-0.4, -0.2) is 30.8 Å². The van der Waals surface area contributed by atoms with Crippen LogP contribution in [0.5, 0.6) is 0 Å². The van der Waals surface area contributed by atoms with E-state index in [2.05, 4.69) is 29.3 Å². The van der Waals surface area contributed by atoms with Crippen LogP contribution in [0.1, 0.15) is 44.6 Å². The molecule has 1 unspecified atom stereocenters. The third kappa shape index (κ3) is 4.60. The maximum Gasteiger partial charge on any atom is 0.0635 e. The highest BCUT2D eigenvalue weighted by Gasteiger charge is 2.22. The third-order valence-corrected chi connectivity index (χ3v) is 4.42. The summed E-state index contributed by atoms with van der Waals surface area (Å²) in [5, 5.41) is 14.0. The Morgan fingerprint density at radius 1 is 1.33 bits per heavy atom. The average molecular weight is 311 g/mol. The van der Waals surface area contributed by atoms with Crippen molar-refractivity contribution in [1.29, 1.82) is 0 Å². The van der Waals surface area contributed by atoms with Gasteiger partial charge in [-0.3, -0.25) is 0 Å². The van der Waals surface area contributed by atoms with Crippen molar-refractivity contribution in [3.8, 4) is 0 Å². The SMILES string of the molecule is CCCNCc1ccc(Cl)cc1N1CCCCCC1CO. The zero-order valence-electron chi connectivity index (χ0n) is 12.9. The van der Waals surface area contributed by atoms with Gasteiger partial charge in [-0.05, 0) is 43.5 Å². The van der Waals surface area contributed by atoms with Crippen molar-refractivity contribution in [2.75, 3.05) is 24.6 Å². The molecule has 118 valence electrons. The van der Waals surface area contributed by atoms with Crippen molar-refractivity contribution in [2.45, 2.75) is 51.6 Å². The van der Waals surface area contributed by atoms with Gasteiger partial charge in [-0.2, -0.15) is 0 Å². The first-order valence-electron chi connectivity index (χ1n) is 8.13. The molecule has 0 saturated carbocycles. The summed E-state index contributed by atoms with van der Waals surface area (Å²) in [7, 11) is 0. The summed E-state index contributed by atoms with van der Waals surface area (Å²) in [6.07, 6.45) is 5.82. The molecular formula is C17H27ClN2O. The average Bonchev–Trinajstić information content (AvgIpc) is 2.74. The van der Waals surface area contributed by atoms with E-state index >= 15 is 0 Å². The van der Waals surface area contributed by atoms with E-state index in [0.717, 1.165) is 37.5 Å². The maximum absolute atomic E-state index is 9.73. The highest BCUT2D eigenvalue weighted by atomic mass is 35.5. The smallest absolute Gasteiger partial charge is 0.0635 e. The molecule has 1 aromatic rings. The standard InChI is InChI=1S/C17H27ClN2O/c1-2-9-19-12-14-7-8-15(18)11-17(14)20-10-5-3-4-6-16(20)13-21/h7-8,11,16,19,21H,2-6,9-10,12-13H2,1H3. The first-order chi connectivity index (χ1) is 10.3. The molecule has 1 aliphatic rings. The van der Waals surface area contributed by atoms with Crippen molar-refractivity contribution >= 4 is 17.3 Å². The summed E-state index contributed by atoms with van der Waals surface area (Å²) >= 11 is 6.22. The Kier molecular flexibility index (Phi) is 6.81. The van der Waals surface area contributed by atoms with Crippen LogP contribution >= 0.6 is 11.6 Å². The first-order valence-corrected chi connectivity index (χ1v) is 8.50. The van der Waals surface area contributed by atoms with Gasteiger partial charge in [0.1, 0.15) is 0 Å². The van der Waals surface area contributed by atoms with Crippen LogP contribution in [0.2, 0.25) is 5.02 Å². The lowest BCUT2D eigenvalue weighted by molar-refractivity contribution is 0.255. The zero-order valence-corrected chi connectivity index (χ0v) is 13.7. The van der Waals surface area contributed by atoms with Crippen LogP contribution in [0.4, 0.5) is 5.69 Å². The van der Waals surface area contributed by atoms with Gasteiger partial charge in [-0.1, -0.05) is 37.4 Å². The Morgan fingerprint density at radius 2 is 2.19 bits per heavy atom. The number of halogens is 1. The van der Waals surface area contributed by atoms with Gasteiger partial charge in [0.15, 0.2) is 0 Å². The number of anilines is 1. The second-order valence-corrected chi connectivity index (χ2v) is 6.27. The Bertz CT molecular complexity index is 439. The van der Waals surface area contributed by atoms with Crippen molar-refractivity contribution in [3.05, 3.63) is 28.8 Å². The Labute approximate surface area is 133 Å². The molecular weight excluding hydrogens is 284 g/mol. The van der Waals surface area contributed by atoms with E-state index in [4.69, 9.17) is 11.6 Å². The second-order valence-electron chi connectivity index (χ2n) is 5.83. The molecule has 1 heterocycles. The van der Waals surface area contributed by atoms with E-state index < -0.39 is 0 Å². The topological polar surface area (TPSA) is 35.5 Å². The molecule has 0 amide bonds. The Balaban J connectivity index is 2.23. The first kappa shape index (κ1) is 16.6. The van der Waals surface area contributed by atoms with E-state index in [1.165, 1.54) is 30.5 Å². The van der Waals surface area contributed by atoms with Crippen LogP contribution in [0, 0.1) is 0 Å². The number of aliphatic hydroxyl groups is 1. The summed E-state index contributed by atoms with van der Waals surface area (Å²) in [5.41, 5.74) is 2.46. The summed E-state index contributed by atoms with van der Waals surface area (Å²) in [6.45, 7) is 5.27. The number of nitrogens with zero attached hydrogens (tertiary/aromatic N) is 1. The molecule has 0 aliphatic carbocycles. The van der Waals surface area contributed by atoms with Gasteiger partial charge in [0.25, 0.3) is 0 Å². The summed E-state index contributed by atoms with van der Waals surface area (Å²) < 4.78 is 0. The molecule has 2 N–H and O–H groups in total. The fraction of sp³-hybridized carbons (Fsp3) is 0.647. The molecule has 0 aromatic heterocycles. The summed E-state index contributed by atoms with van der Waals surface area (Å²) in [5.74, 6) is 0. The Morgan fingerprint density at radius 3 is 2.95 bits per heavy atom. The predicted octanol–water partition coefficient (Wildman–Crippen LogP) is 3.58. The van der Waals surface area contributed by atoms with Gasteiger partial charge in [-0.25, -0.2) is 0 Å². The van der Waals surface area contributed by atoms with E-state index in [-0.39, 0.29) is 12.6 Å². The number of rotatable bonds is 6. The van der Waals surface area contributed by atoms with Crippen LogP contribution in [0.25, 0.3) is 0 Å². The number of nitrogens with one attached hydrogen (secondary N) is 1. The third-order valence-electron chi connectivity index (χ3n) is 4.19. The van der Waals surface area contributed by atoms with Crippen LogP contribution in [0.15, 0.2) is 18.2 Å². The highest BCUT2D eigenvalue weighted by Crippen LogP contribution is 2.30. The second kappa shape index (κ2) is 8.62. The molecule has 1 aliphatic heterocycles. The molecule has 0 bridgehead atoms. The van der Waals surface area contributed by atoms with Gasteiger partial charge in [0.2, 0.25) is 0 Å². The number of hydrogen-bond acceptors (Lipinski definition) is 3. The van der Waals surface area contributed by atoms with Gasteiger partial charge < -0.3 is 15.3 Å². The molecule has 1 saturated heterocycles. The summed E-state index contributed by atoms with van der Waals surface area (Å²) in [4.78, 5) is 2.36. The van der Waals surface area contributed by atoms with E-state index in [0.29, 0.717) is 0 Å². The Hall–Kier alpha value is -0.770. The van der Waals surface area contributed by atoms with Gasteiger partial charge in [0, 0.05) is 23.8 Å². The number of benzene rings is 1. The molecule has 0 radical (unpaired) electrons. The normalized spacial score (nSPS) is 19.6. The number of hydrogen-bond donors (Lipinski definition) is 2. The zero-order chi connectivity index (χ0) is 15.1. The van der Waals surface area contributed by atoms with Crippen LogP contribution in [0.3, 0.4) is 0 Å².